The topological polar surface area (TPSA) is 58.6 Å². The van der Waals surface area contributed by atoms with Crippen molar-refractivity contribution in [2.24, 2.45) is 0 Å². The first-order chi connectivity index (χ1) is 14.9. The number of hydrogen-bond donors (Lipinski definition) is 1. The van der Waals surface area contributed by atoms with Gasteiger partial charge in [-0.1, -0.05) is 54.7 Å². The molecule has 7 heteroatoms. The molecule has 0 saturated heterocycles. The van der Waals surface area contributed by atoms with E-state index in [-0.39, 0.29) is 17.5 Å². The number of amides is 2. The first-order valence-corrected chi connectivity index (χ1v) is 11.1. The van der Waals surface area contributed by atoms with Crippen molar-refractivity contribution < 1.29 is 14.3 Å². The Morgan fingerprint density at radius 1 is 0.935 bits per heavy atom. The lowest BCUT2D eigenvalue weighted by Gasteiger charge is -2.16. The number of anilines is 1. The molecular formula is C24H26Cl2N2O3. The van der Waals surface area contributed by atoms with Crippen LogP contribution in [0.4, 0.5) is 5.69 Å². The Morgan fingerprint density at radius 2 is 1.61 bits per heavy atom. The molecule has 1 heterocycles. The van der Waals surface area contributed by atoms with Crippen LogP contribution in [0.15, 0.2) is 48.2 Å². The third-order valence-electron chi connectivity index (χ3n) is 5.07. The normalized spacial score (nSPS) is 14.0. The van der Waals surface area contributed by atoms with Gasteiger partial charge in [-0.05, 0) is 55.2 Å². The van der Waals surface area contributed by atoms with Crippen molar-refractivity contribution in [1.82, 2.24) is 4.90 Å². The van der Waals surface area contributed by atoms with Gasteiger partial charge < -0.3 is 10.1 Å². The zero-order valence-electron chi connectivity index (χ0n) is 17.7. The second kappa shape index (κ2) is 10.8. The van der Waals surface area contributed by atoms with Crippen molar-refractivity contribution in [3.8, 4) is 0 Å². The summed E-state index contributed by atoms with van der Waals surface area (Å²) >= 11 is 12.2. The van der Waals surface area contributed by atoms with Crippen LogP contribution in [0.25, 0.3) is 5.57 Å². The van der Waals surface area contributed by atoms with Crippen molar-refractivity contribution in [2.75, 3.05) is 25.1 Å². The summed E-state index contributed by atoms with van der Waals surface area (Å²) in [7, 11) is 0. The first kappa shape index (κ1) is 23.3. The number of unbranched alkanes of at least 4 members (excludes halogenated alkanes) is 1. The van der Waals surface area contributed by atoms with Gasteiger partial charge in [-0.25, -0.2) is 0 Å². The molecule has 0 radical (unpaired) electrons. The van der Waals surface area contributed by atoms with Crippen LogP contribution in [-0.2, 0) is 14.3 Å². The lowest BCUT2D eigenvalue weighted by molar-refractivity contribution is -0.137. The van der Waals surface area contributed by atoms with E-state index in [2.05, 4.69) is 12.2 Å². The number of rotatable bonds is 10. The van der Waals surface area contributed by atoms with E-state index >= 15 is 0 Å². The SMILES string of the molecule is CCCCOCCCN1C(=O)C(Nc2cc(Cl)ccc2C)=C(c2ccc(Cl)cc2)C1=O. The first-order valence-electron chi connectivity index (χ1n) is 10.4. The summed E-state index contributed by atoms with van der Waals surface area (Å²) < 4.78 is 5.57. The van der Waals surface area contributed by atoms with Crippen LogP contribution in [-0.4, -0.2) is 36.5 Å². The fraction of sp³-hybridized carbons (Fsp3) is 0.333. The minimum absolute atomic E-state index is 0.240. The fourth-order valence-corrected chi connectivity index (χ4v) is 3.61. The second-order valence-corrected chi connectivity index (χ2v) is 8.30. The molecule has 5 nitrogen and oxygen atoms in total. The number of benzene rings is 2. The highest BCUT2D eigenvalue weighted by Crippen LogP contribution is 2.32. The van der Waals surface area contributed by atoms with Gasteiger partial charge >= 0.3 is 0 Å². The van der Waals surface area contributed by atoms with E-state index < -0.39 is 0 Å². The molecule has 2 amide bonds. The Balaban J connectivity index is 1.86. The monoisotopic (exact) mass is 460 g/mol. The summed E-state index contributed by atoms with van der Waals surface area (Å²) in [4.78, 5) is 27.7. The van der Waals surface area contributed by atoms with Gasteiger partial charge in [-0.3, -0.25) is 14.5 Å². The molecule has 164 valence electrons. The molecule has 31 heavy (non-hydrogen) atoms. The van der Waals surface area contributed by atoms with E-state index in [4.69, 9.17) is 27.9 Å². The van der Waals surface area contributed by atoms with Crippen LogP contribution in [0.5, 0.6) is 0 Å². The molecule has 0 fully saturated rings. The Morgan fingerprint density at radius 3 is 2.32 bits per heavy atom. The quantitative estimate of drug-likeness (QED) is 0.364. The summed E-state index contributed by atoms with van der Waals surface area (Å²) in [6.45, 7) is 5.50. The summed E-state index contributed by atoms with van der Waals surface area (Å²) in [5.74, 6) is -0.689. The summed E-state index contributed by atoms with van der Waals surface area (Å²) in [6.07, 6.45) is 2.64. The lowest BCUT2D eigenvalue weighted by Crippen LogP contribution is -2.34. The van der Waals surface area contributed by atoms with E-state index in [0.717, 1.165) is 18.4 Å². The number of carbonyl (C=O) groups is 2. The fourth-order valence-electron chi connectivity index (χ4n) is 3.32. The molecule has 3 rings (SSSR count). The van der Waals surface area contributed by atoms with Crippen LogP contribution in [0.1, 0.15) is 37.3 Å². The Bertz CT molecular complexity index is 987. The van der Waals surface area contributed by atoms with Gasteiger partial charge in [0.1, 0.15) is 5.70 Å². The van der Waals surface area contributed by atoms with Gasteiger partial charge in [0.2, 0.25) is 0 Å². The van der Waals surface area contributed by atoms with Crippen molar-refractivity contribution >= 4 is 46.3 Å². The largest absolute Gasteiger partial charge is 0.381 e. The molecule has 0 aliphatic carbocycles. The number of imide groups is 1. The number of ether oxygens (including phenoxy) is 1. The molecule has 2 aromatic rings. The lowest BCUT2D eigenvalue weighted by atomic mass is 10.0. The van der Waals surface area contributed by atoms with Crippen molar-refractivity contribution in [3.63, 3.8) is 0 Å². The number of nitrogens with zero attached hydrogens (tertiary/aromatic N) is 1. The van der Waals surface area contributed by atoms with E-state index in [1.54, 1.807) is 36.4 Å². The minimum atomic E-state index is -0.358. The number of hydrogen-bond acceptors (Lipinski definition) is 4. The molecule has 0 unspecified atom stereocenters. The highest BCUT2D eigenvalue weighted by atomic mass is 35.5. The summed E-state index contributed by atoms with van der Waals surface area (Å²) in [6, 6.07) is 12.3. The Hall–Kier alpha value is -2.34. The average Bonchev–Trinajstić information content (AvgIpc) is 2.98. The van der Waals surface area contributed by atoms with Crippen LogP contribution in [0, 0.1) is 6.92 Å². The van der Waals surface area contributed by atoms with Crippen LogP contribution in [0.3, 0.4) is 0 Å². The molecule has 0 aromatic heterocycles. The molecule has 0 spiro atoms. The van der Waals surface area contributed by atoms with Gasteiger partial charge in [0.15, 0.2) is 0 Å². The molecule has 1 aliphatic heterocycles. The zero-order chi connectivity index (χ0) is 22.4. The van der Waals surface area contributed by atoms with Crippen LogP contribution < -0.4 is 5.32 Å². The average molecular weight is 461 g/mol. The van der Waals surface area contributed by atoms with Gasteiger partial charge in [0.25, 0.3) is 11.8 Å². The number of halogens is 2. The predicted octanol–water partition coefficient (Wildman–Crippen LogP) is 5.70. The van der Waals surface area contributed by atoms with E-state index in [0.29, 0.717) is 53.0 Å². The van der Waals surface area contributed by atoms with Crippen molar-refractivity contribution in [3.05, 3.63) is 69.3 Å². The van der Waals surface area contributed by atoms with E-state index in [1.807, 2.05) is 13.0 Å². The van der Waals surface area contributed by atoms with Gasteiger partial charge in [0, 0.05) is 35.5 Å². The second-order valence-electron chi connectivity index (χ2n) is 7.42. The van der Waals surface area contributed by atoms with Gasteiger partial charge in [0.05, 0.1) is 5.57 Å². The molecule has 1 N–H and O–H groups in total. The maximum atomic E-state index is 13.2. The summed E-state index contributed by atoms with van der Waals surface area (Å²) in [5.41, 5.74) is 2.79. The van der Waals surface area contributed by atoms with Gasteiger partial charge in [-0.2, -0.15) is 0 Å². The van der Waals surface area contributed by atoms with Crippen molar-refractivity contribution in [2.45, 2.75) is 33.1 Å². The smallest absolute Gasteiger partial charge is 0.278 e. The highest BCUT2D eigenvalue weighted by Gasteiger charge is 2.39. The van der Waals surface area contributed by atoms with E-state index in [1.165, 1.54) is 4.90 Å². The zero-order valence-corrected chi connectivity index (χ0v) is 19.2. The minimum Gasteiger partial charge on any atom is -0.381 e. The molecule has 0 saturated carbocycles. The standard InChI is InChI=1S/C24H26Cl2N2O3/c1-3-4-13-31-14-5-12-28-23(29)21(17-7-10-18(25)11-8-17)22(24(28)30)27-20-15-19(26)9-6-16(20)2/h6-11,15,27H,3-5,12-14H2,1-2H3. The van der Waals surface area contributed by atoms with Crippen LogP contribution >= 0.6 is 23.2 Å². The number of nitrogens with one attached hydrogen (secondary N) is 1. The maximum Gasteiger partial charge on any atom is 0.278 e. The highest BCUT2D eigenvalue weighted by molar-refractivity contribution is 6.37. The van der Waals surface area contributed by atoms with Gasteiger partial charge in [-0.15, -0.1) is 0 Å². The Kier molecular flexibility index (Phi) is 8.13. The molecule has 1 aliphatic rings. The van der Waals surface area contributed by atoms with E-state index in [9.17, 15) is 9.59 Å². The predicted molar refractivity (Wildman–Crippen MR) is 125 cm³/mol. The molecular weight excluding hydrogens is 435 g/mol. The maximum absolute atomic E-state index is 13.2. The molecule has 0 bridgehead atoms. The third-order valence-corrected chi connectivity index (χ3v) is 5.56. The summed E-state index contributed by atoms with van der Waals surface area (Å²) in [5, 5.41) is 4.26. The Labute approximate surface area is 193 Å². The number of aryl methyl sites for hydroxylation is 1. The van der Waals surface area contributed by atoms with Crippen LogP contribution in [0.2, 0.25) is 10.0 Å². The number of carbonyl (C=O) groups excluding carboxylic acids is 2. The van der Waals surface area contributed by atoms with Crippen molar-refractivity contribution in [1.29, 1.82) is 0 Å². The molecule has 0 atom stereocenters. The molecule has 2 aromatic carbocycles. The third kappa shape index (κ3) is 5.67.